The van der Waals surface area contributed by atoms with Crippen LogP contribution < -0.4 is 0 Å². The highest BCUT2D eigenvalue weighted by atomic mass is 16.6. The van der Waals surface area contributed by atoms with Crippen LogP contribution in [0.1, 0.15) is 27.7 Å². The Morgan fingerprint density at radius 2 is 2.00 bits per heavy atom. The van der Waals surface area contributed by atoms with Gasteiger partial charge in [0.2, 0.25) is 0 Å². The molecule has 0 saturated carbocycles. The molecule has 1 unspecified atom stereocenters. The molecule has 0 aromatic heterocycles. The average Bonchev–Trinajstić information content (AvgIpc) is 2.04. The monoisotopic (exact) mass is 188 g/mol. The van der Waals surface area contributed by atoms with E-state index in [2.05, 4.69) is 0 Å². The minimum Gasteiger partial charge on any atom is -0.376 e. The van der Waals surface area contributed by atoms with E-state index >= 15 is 0 Å². The first-order valence-corrected chi connectivity index (χ1v) is 4.89. The predicted octanol–water partition coefficient (Wildman–Crippen LogP) is 1.61. The molecule has 0 N–H and O–H groups in total. The summed E-state index contributed by atoms with van der Waals surface area (Å²) in [4.78, 5) is 0. The highest BCUT2D eigenvalue weighted by Gasteiger charge is 2.33. The van der Waals surface area contributed by atoms with Gasteiger partial charge in [-0.2, -0.15) is 0 Å². The van der Waals surface area contributed by atoms with Crippen LogP contribution in [0.4, 0.5) is 0 Å². The van der Waals surface area contributed by atoms with Gasteiger partial charge in [0, 0.05) is 0 Å². The van der Waals surface area contributed by atoms with Crippen molar-refractivity contribution in [3.8, 4) is 0 Å². The van der Waals surface area contributed by atoms with Crippen LogP contribution in [0.3, 0.4) is 0 Å². The minimum absolute atomic E-state index is 0.0589. The molecule has 1 aliphatic rings. The second kappa shape index (κ2) is 4.40. The second-order valence-electron chi connectivity index (χ2n) is 4.20. The summed E-state index contributed by atoms with van der Waals surface area (Å²) in [5, 5.41) is 0. The van der Waals surface area contributed by atoms with E-state index in [1.165, 1.54) is 0 Å². The maximum absolute atomic E-state index is 5.77. The fourth-order valence-corrected chi connectivity index (χ4v) is 1.57. The maximum atomic E-state index is 5.77. The molecule has 0 aromatic rings. The molecule has 1 fully saturated rings. The molecule has 1 heterocycles. The van der Waals surface area contributed by atoms with Gasteiger partial charge in [-0.1, -0.05) is 0 Å². The van der Waals surface area contributed by atoms with E-state index in [1.54, 1.807) is 0 Å². The molecule has 0 amide bonds. The summed E-state index contributed by atoms with van der Waals surface area (Å²) in [7, 11) is 0. The molecule has 0 radical (unpaired) electrons. The molecule has 0 aliphatic carbocycles. The summed E-state index contributed by atoms with van der Waals surface area (Å²) in [6.07, 6.45) is 0.282. The molecule has 1 saturated heterocycles. The van der Waals surface area contributed by atoms with Gasteiger partial charge < -0.3 is 14.2 Å². The van der Waals surface area contributed by atoms with Crippen LogP contribution in [0.25, 0.3) is 0 Å². The number of hydrogen-bond donors (Lipinski definition) is 0. The molecule has 13 heavy (non-hydrogen) atoms. The van der Waals surface area contributed by atoms with Crippen molar-refractivity contribution < 1.29 is 14.2 Å². The first-order chi connectivity index (χ1) is 6.02. The normalized spacial score (nSPS) is 25.2. The Balaban J connectivity index is 2.45. The molecule has 1 atom stereocenters. The van der Waals surface area contributed by atoms with Gasteiger partial charge in [-0.3, -0.25) is 0 Å². The Bertz CT molecular complexity index is 148. The van der Waals surface area contributed by atoms with Gasteiger partial charge in [0.05, 0.1) is 31.5 Å². The van der Waals surface area contributed by atoms with Crippen LogP contribution in [0.5, 0.6) is 0 Å². The zero-order chi connectivity index (χ0) is 9.90. The molecule has 3 heteroatoms. The number of hydrogen-bond acceptors (Lipinski definition) is 3. The van der Waals surface area contributed by atoms with E-state index < -0.39 is 0 Å². The summed E-state index contributed by atoms with van der Waals surface area (Å²) >= 11 is 0. The third-order valence-corrected chi connectivity index (χ3v) is 2.13. The van der Waals surface area contributed by atoms with Crippen LogP contribution in [0, 0.1) is 0 Å². The van der Waals surface area contributed by atoms with Gasteiger partial charge in [0.25, 0.3) is 0 Å². The lowest BCUT2D eigenvalue weighted by atomic mass is 10.0. The smallest absolute Gasteiger partial charge is 0.109 e. The minimum atomic E-state index is -0.255. The van der Waals surface area contributed by atoms with Crippen molar-refractivity contribution in [2.45, 2.75) is 45.5 Å². The van der Waals surface area contributed by atoms with Crippen LogP contribution in [0.2, 0.25) is 0 Å². The number of ether oxygens (including phenoxy) is 3. The third kappa shape index (κ3) is 3.25. The summed E-state index contributed by atoms with van der Waals surface area (Å²) < 4.78 is 16.7. The Morgan fingerprint density at radius 1 is 1.31 bits per heavy atom. The molecule has 0 aromatic carbocycles. The highest BCUT2D eigenvalue weighted by molar-refractivity contribution is 4.82. The lowest BCUT2D eigenvalue weighted by Gasteiger charge is -2.37. The van der Waals surface area contributed by atoms with Crippen molar-refractivity contribution in [2.24, 2.45) is 0 Å². The second-order valence-corrected chi connectivity index (χ2v) is 4.20. The van der Waals surface area contributed by atoms with Crippen molar-refractivity contribution in [1.82, 2.24) is 0 Å². The largest absolute Gasteiger partial charge is 0.376 e. The van der Waals surface area contributed by atoms with Crippen LogP contribution >= 0.6 is 0 Å². The van der Waals surface area contributed by atoms with Gasteiger partial charge in [0.15, 0.2) is 0 Å². The average molecular weight is 188 g/mol. The summed E-state index contributed by atoms with van der Waals surface area (Å²) in [6, 6.07) is 0. The summed E-state index contributed by atoms with van der Waals surface area (Å²) in [6.45, 7) is 10.2. The first-order valence-electron chi connectivity index (χ1n) is 4.89. The Hall–Kier alpha value is -0.120. The molecule has 0 bridgehead atoms. The molecule has 78 valence electrons. The van der Waals surface area contributed by atoms with Gasteiger partial charge in [0.1, 0.15) is 6.10 Å². The first kappa shape index (κ1) is 11.0. The van der Waals surface area contributed by atoms with Crippen molar-refractivity contribution >= 4 is 0 Å². The number of rotatable bonds is 3. The van der Waals surface area contributed by atoms with E-state index in [9.17, 15) is 0 Å². The maximum Gasteiger partial charge on any atom is 0.109 e. The predicted molar refractivity (Wildman–Crippen MR) is 50.9 cm³/mol. The molecule has 3 nitrogen and oxygen atoms in total. The van der Waals surface area contributed by atoms with Gasteiger partial charge in [-0.15, -0.1) is 0 Å². The fraction of sp³-hybridized carbons (Fsp3) is 1.00. The summed E-state index contributed by atoms with van der Waals surface area (Å²) in [5.41, 5.74) is -0.255. The van der Waals surface area contributed by atoms with Gasteiger partial charge >= 0.3 is 0 Å². The van der Waals surface area contributed by atoms with Crippen LogP contribution in [0.15, 0.2) is 0 Å². The SMILES string of the molecule is CC(C)OC(C)(C)C1COCCO1. The zero-order valence-electron chi connectivity index (χ0n) is 9.00. The van der Waals surface area contributed by atoms with E-state index in [-0.39, 0.29) is 17.8 Å². The van der Waals surface area contributed by atoms with Crippen molar-refractivity contribution in [1.29, 1.82) is 0 Å². The van der Waals surface area contributed by atoms with Crippen LogP contribution in [-0.2, 0) is 14.2 Å². The van der Waals surface area contributed by atoms with Crippen molar-refractivity contribution in [3.05, 3.63) is 0 Å². The van der Waals surface area contributed by atoms with Crippen molar-refractivity contribution in [3.63, 3.8) is 0 Å². The highest BCUT2D eigenvalue weighted by Crippen LogP contribution is 2.22. The Kier molecular flexibility index (Phi) is 3.71. The lowest BCUT2D eigenvalue weighted by molar-refractivity contribution is -0.193. The zero-order valence-corrected chi connectivity index (χ0v) is 9.00. The van der Waals surface area contributed by atoms with E-state index in [1.807, 2.05) is 27.7 Å². The Labute approximate surface area is 80.4 Å². The molecule has 1 rings (SSSR count). The van der Waals surface area contributed by atoms with Gasteiger partial charge in [-0.25, -0.2) is 0 Å². The standard InChI is InChI=1S/C10H20O3/c1-8(2)13-10(3,4)9-7-11-5-6-12-9/h8-9H,5-7H2,1-4H3. The Morgan fingerprint density at radius 3 is 2.46 bits per heavy atom. The third-order valence-electron chi connectivity index (χ3n) is 2.13. The van der Waals surface area contributed by atoms with E-state index in [0.29, 0.717) is 19.8 Å². The topological polar surface area (TPSA) is 27.7 Å². The fourth-order valence-electron chi connectivity index (χ4n) is 1.57. The molecule has 1 aliphatic heterocycles. The van der Waals surface area contributed by atoms with Crippen LogP contribution in [-0.4, -0.2) is 37.6 Å². The molecular weight excluding hydrogens is 168 g/mol. The van der Waals surface area contributed by atoms with E-state index in [0.717, 1.165) is 0 Å². The molecular formula is C10H20O3. The lowest BCUT2D eigenvalue weighted by Crippen LogP contribution is -2.48. The van der Waals surface area contributed by atoms with Gasteiger partial charge in [-0.05, 0) is 27.7 Å². The summed E-state index contributed by atoms with van der Waals surface area (Å²) in [5.74, 6) is 0. The van der Waals surface area contributed by atoms with Crippen molar-refractivity contribution in [2.75, 3.05) is 19.8 Å². The van der Waals surface area contributed by atoms with E-state index in [4.69, 9.17) is 14.2 Å². The quantitative estimate of drug-likeness (QED) is 0.673. The molecule has 0 spiro atoms.